The molecule has 1 N–H and O–H groups in total. The smallest absolute Gasteiger partial charge is 0.226 e. The molecule has 19 heavy (non-hydrogen) atoms. The summed E-state index contributed by atoms with van der Waals surface area (Å²) in [5.74, 6) is 1.60. The van der Waals surface area contributed by atoms with Gasteiger partial charge in [-0.2, -0.15) is 4.98 Å². The second kappa shape index (κ2) is 6.48. The van der Waals surface area contributed by atoms with Crippen molar-refractivity contribution in [3.8, 4) is 0 Å². The lowest BCUT2D eigenvalue weighted by Crippen LogP contribution is -2.21. The molecular formula is C14H23N3O2. The summed E-state index contributed by atoms with van der Waals surface area (Å²) < 4.78 is 11.0. The van der Waals surface area contributed by atoms with Gasteiger partial charge in [-0.3, -0.25) is 0 Å². The Balaban J connectivity index is 1.52. The zero-order valence-electron chi connectivity index (χ0n) is 11.4. The second-order valence-electron chi connectivity index (χ2n) is 5.58. The Hall–Kier alpha value is -0.940. The van der Waals surface area contributed by atoms with Crippen molar-refractivity contribution in [1.29, 1.82) is 0 Å². The lowest BCUT2D eigenvalue weighted by Gasteiger charge is -2.10. The van der Waals surface area contributed by atoms with E-state index >= 15 is 0 Å². The average molecular weight is 265 g/mol. The van der Waals surface area contributed by atoms with Crippen LogP contribution in [-0.2, 0) is 11.2 Å². The Morgan fingerprint density at radius 2 is 2.16 bits per heavy atom. The molecule has 0 saturated carbocycles. The van der Waals surface area contributed by atoms with Crippen LogP contribution in [0.25, 0.3) is 0 Å². The molecule has 2 aliphatic rings. The first-order valence-corrected chi connectivity index (χ1v) is 7.59. The fourth-order valence-corrected chi connectivity index (χ4v) is 2.92. The third-order valence-corrected chi connectivity index (χ3v) is 4.06. The zero-order chi connectivity index (χ0) is 12.9. The minimum atomic E-state index is 0.280. The molecule has 3 heterocycles. The van der Waals surface area contributed by atoms with Crippen molar-refractivity contribution in [3.05, 3.63) is 11.7 Å². The zero-order valence-corrected chi connectivity index (χ0v) is 11.4. The average Bonchev–Trinajstić information content (AvgIpc) is 3.03. The number of hydrogen-bond donors (Lipinski definition) is 1. The van der Waals surface area contributed by atoms with E-state index in [4.69, 9.17) is 9.26 Å². The Morgan fingerprint density at radius 1 is 1.16 bits per heavy atom. The van der Waals surface area contributed by atoms with Crippen molar-refractivity contribution in [2.45, 2.75) is 63.5 Å². The van der Waals surface area contributed by atoms with Crippen LogP contribution in [0.2, 0.25) is 0 Å². The van der Waals surface area contributed by atoms with Gasteiger partial charge in [0.15, 0.2) is 5.82 Å². The molecular weight excluding hydrogens is 242 g/mol. The molecule has 0 aromatic carbocycles. The van der Waals surface area contributed by atoms with E-state index in [9.17, 15) is 0 Å². The van der Waals surface area contributed by atoms with Crippen molar-refractivity contribution in [2.75, 3.05) is 13.2 Å². The Labute approximate surface area is 114 Å². The van der Waals surface area contributed by atoms with Crippen molar-refractivity contribution < 1.29 is 9.26 Å². The second-order valence-corrected chi connectivity index (χ2v) is 5.58. The summed E-state index contributed by atoms with van der Waals surface area (Å²) in [4.78, 5) is 4.54. The highest BCUT2D eigenvalue weighted by molar-refractivity contribution is 4.95. The van der Waals surface area contributed by atoms with Crippen LogP contribution in [0.4, 0.5) is 0 Å². The van der Waals surface area contributed by atoms with Gasteiger partial charge in [-0.15, -0.1) is 0 Å². The number of ether oxygens (including phenoxy) is 1. The van der Waals surface area contributed by atoms with Crippen LogP contribution >= 0.6 is 0 Å². The molecule has 0 spiro atoms. The van der Waals surface area contributed by atoms with E-state index in [-0.39, 0.29) is 6.04 Å². The van der Waals surface area contributed by atoms with Crippen LogP contribution in [0.15, 0.2) is 4.52 Å². The van der Waals surface area contributed by atoms with Crippen molar-refractivity contribution in [2.24, 2.45) is 0 Å². The quantitative estimate of drug-likeness (QED) is 0.905. The van der Waals surface area contributed by atoms with Gasteiger partial charge in [0.1, 0.15) is 0 Å². The van der Waals surface area contributed by atoms with Crippen molar-refractivity contribution in [3.63, 3.8) is 0 Å². The summed E-state index contributed by atoms with van der Waals surface area (Å²) in [6.45, 7) is 1.97. The molecule has 2 aliphatic heterocycles. The van der Waals surface area contributed by atoms with Gasteiger partial charge < -0.3 is 14.6 Å². The molecule has 3 rings (SSSR count). The van der Waals surface area contributed by atoms with Crippen LogP contribution in [0.5, 0.6) is 0 Å². The molecule has 0 bridgehead atoms. The summed E-state index contributed by atoms with van der Waals surface area (Å²) in [5, 5.41) is 7.64. The molecule has 0 radical (unpaired) electrons. The van der Waals surface area contributed by atoms with Crippen LogP contribution < -0.4 is 5.32 Å². The lowest BCUT2D eigenvalue weighted by atomic mass is 10.1. The van der Waals surface area contributed by atoms with E-state index in [1.165, 1.54) is 32.1 Å². The number of aryl methyl sites for hydroxylation is 1. The predicted octanol–water partition coefficient (Wildman–Crippen LogP) is 2.39. The van der Waals surface area contributed by atoms with Crippen LogP contribution in [0, 0.1) is 0 Å². The highest BCUT2D eigenvalue weighted by Gasteiger charge is 2.21. The fourth-order valence-electron chi connectivity index (χ4n) is 2.92. The fraction of sp³-hybridized carbons (Fsp3) is 0.857. The van der Waals surface area contributed by atoms with Crippen molar-refractivity contribution in [1.82, 2.24) is 15.5 Å². The molecule has 5 heteroatoms. The SMILES string of the molecule is C1CCNC(c2noc(CCC3CCCO3)n2)CC1. The third kappa shape index (κ3) is 3.54. The first-order valence-electron chi connectivity index (χ1n) is 7.59. The first-order chi connectivity index (χ1) is 9.42. The predicted molar refractivity (Wildman–Crippen MR) is 70.8 cm³/mol. The van der Waals surface area contributed by atoms with Gasteiger partial charge in [-0.1, -0.05) is 18.0 Å². The van der Waals surface area contributed by atoms with Gasteiger partial charge in [0.25, 0.3) is 0 Å². The largest absolute Gasteiger partial charge is 0.378 e. The van der Waals surface area contributed by atoms with Gasteiger partial charge in [-0.25, -0.2) is 0 Å². The molecule has 0 amide bonds. The molecule has 1 aromatic rings. The normalized spacial score (nSPS) is 28.4. The number of nitrogens with one attached hydrogen (secondary N) is 1. The van der Waals surface area contributed by atoms with Crippen LogP contribution in [0.3, 0.4) is 0 Å². The van der Waals surface area contributed by atoms with Crippen LogP contribution in [-0.4, -0.2) is 29.4 Å². The van der Waals surface area contributed by atoms with E-state index in [2.05, 4.69) is 15.5 Å². The van der Waals surface area contributed by atoms with Gasteiger partial charge >= 0.3 is 0 Å². The maximum atomic E-state index is 5.61. The molecule has 2 atom stereocenters. The third-order valence-electron chi connectivity index (χ3n) is 4.06. The minimum Gasteiger partial charge on any atom is -0.378 e. The maximum absolute atomic E-state index is 5.61. The van der Waals surface area contributed by atoms with E-state index in [0.717, 1.165) is 44.1 Å². The molecule has 106 valence electrons. The number of nitrogens with zero attached hydrogens (tertiary/aromatic N) is 2. The van der Waals surface area contributed by atoms with E-state index in [1.54, 1.807) is 0 Å². The number of rotatable bonds is 4. The standard InChI is InChI=1S/C14H23N3O2/c1-2-6-12(15-9-3-1)14-16-13(19-17-14)8-7-11-5-4-10-18-11/h11-12,15H,1-10H2. The summed E-state index contributed by atoms with van der Waals surface area (Å²) in [5.41, 5.74) is 0. The maximum Gasteiger partial charge on any atom is 0.226 e. The monoisotopic (exact) mass is 265 g/mol. The van der Waals surface area contributed by atoms with Gasteiger partial charge in [0.05, 0.1) is 12.1 Å². The molecule has 1 aromatic heterocycles. The summed E-state index contributed by atoms with van der Waals surface area (Å²) in [6.07, 6.45) is 9.50. The Morgan fingerprint density at radius 3 is 3.05 bits per heavy atom. The molecule has 2 unspecified atom stereocenters. The Bertz CT molecular complexity index is 380. The van der Waals surface area contributed by atoms with E-state index in [0.29, 0.717) is 6.10 Å². The first kappa shape index (κ1) is 13.1. The summed E-state index contributed by atoms with van der Waals surface area (Å²) in [7, 11) is 0. The van der Waals surface area contributed by atoms with Gasteiger partial charge in [0, 0.05) is 13.0 Å². The van der Waals surface area contributed by atoms with E-state index < -0.39 is 0 Å². The summed E-state index contributed by atoms with van der Waals surface area (Å²) in [6, 6.07) is 0.280. The number of hydrogen-bond acceptors (Lipinski definition) is 5. The topological polar surface area (TPSA) is 60.2 Å². The highest BCUT2D eigenvalue weighted by atomic mass is 16.5. The van der Waals surface area contributed by atoms with Crippen molar-refractivity contribution >= 4 is 0 Å². The van der Waals surface area contributed by atoms with Crippen LogP contribution in [0.1, 0.15) is 62.7 Å². The van der Waals surface area contributed by atoms with E-state index in [1.807, 2.05) is 0 Å². The molecule has 0 aliphatic carbocycles. The molecule has 2 saturated heterocycles. The Kier molecular flexibility index (Phi) is 4.45. The molecule has 5 nitrogen and oxygen atoms in total. The number of aromatic nitrogens is 2. The lowest BCUT2D eigenvalue weighted by molar-refractivity contribution is 0.102. The summed E-state index contributed by atoms with van der Waals surface area (Å²) >= 11 is 0. The minimum absolute atomic E-state index is 0.280. The van der Waals surface area contributed by atoms with Gasteiger partial charge in [-0.05, 0) is 38.6 Å². The molecule has 2 fully saturated rings. The van der Waals surface area contributed by atoms with Gasteiger partial charge in [0.2, 0.25) is 5.89 Å². The highest BCUT2D eigenvalue weighted by Crippen LogP contribution is 2.21.